The Balaban J connectivity index is 1.73. The smallest absolute Gasteiger partial charge is 0.229 e. The van der Waals surface area contributed by atoms with E-state index in [4.69, 9.17) is 4.98 Å². The zero-order chi connectivity index (χ0) is 19.0. The van der Waals surface area contributed by atoms with Crippen molar-refractivity contribution >= 4 is 33.8 Å². The van der Waals surface area contributed by atoms with Gasteiger partial charge in [-0.2, -0.15) is 4.98 Å². The highest BCUT2D eigenvalue weighted by Gasteiger charge is 2.12. The summed E-state index contributed by atoms with van der Waals surface area (Å²) in [5.74, 6) is 0.551. The van der Waals surface area contributed by atoms with E-state index in [0.29, 0.717) is 5.95 Å². The summed E-state index contributed by atoms with van der Waals surface area (Å²) < 4.78 is 13.8. The minimum Gasteiger partial charge on any atom is -0.612 e. The molecule has 6 heteroatoms. The van der Waals surface area contributed by atoms with Crippen LogP contribution in [-0.4, -0.2) is 25.3 Å². The summed E-state index contributed by atoms with van der Waals surface area (Å²) in [4.78, 5) is 9.95. The SMILES string of the molecule is Cc1ccc(Nc2ncc3ccn(-c4ccc([S+](C)[O-])cc4C)c3n2)cc1. The Morgan fingerprint density at radius 3 is 2.52 bits per heavy atom. The van der Waals surface area contributed by atoms with Crippen molar-refractivity contribution in [2.24, 2.45) is 0 Å². The van der Waals surface area contributed by atoms with E-state index in [-0.39, 0.29) is 0 Å². The molecule has 1 N–H and O–H groups in total. The maximum atomic E-state index is 11.7. The lowest BCUT2D eigenvalue weighted by Gasteiger charge is -2.12. The Morgan fingerprint density at radius 2 is 1.81 bits per heavy atom. The first-order valence-electron chi connectivity index (χ1n) is 8.63. The van der Waals surface area contributed by atoms with Crippen LogP contribution < -0.4 is 5.32 Å². The van der Waals surface area contributed by atoms with Gasteiger partial charge in [-0.05, 0) is 67.0 Å². The zero-order valence-corrected chi connectivity index (χ0v) is 16.2. The van der Waals surface area contributed by atoms with Gasteiger partial charge in [-0.1, -0.05) is 17.7 Å². The second-order valence-electron chi connectivity index (χ2n) is 6.55. The highest BCUT2D eigenvalue weighted by molar-refractivity contribution is 7.90. The van der Waals surface area contributed by atoms with E-state index in [1.807, 2.05) is 72.4 Å². The lowest BCUT2D eigenvalue weighted by Crippen LogP contribution is -2.03. The molecule has 0 spiro atoms. The number of aryl methyl sites for hydroxylation is 2. The van der Waals surface area contributed by atoms with Crippen LogP contribution in [0.3, 0.4) is 0 Å². The molecule has 0 bridgehead atoms. The van der Waals surface area contributed by atoms with Gasteiger partial charge < -0.3 is 14.4 Å². The van der Waals surface area contributed by atoms with Crippen molar-refractivity contribution in [3.63, 3.8) is 0 Å². The average molecular weight is 376 g/mol. The number of nitrogens with one attached hydrogen (secondary N) is 1. The lowest BCUT2D eigenvalue weighted by molar-refractivity contribution is 0.600. The third-order valence-corrected chi connectivity index (χ3v) is 5.41. The third kappa shape index (κ3) is 3.54. The first-order chi connectivity index (χ1) is 13.0. The number of fused-ring (bicyclic) bond motifs is 1. The summed E-state index contributed by atoms with van der Waals surface area (Å²) in [6.45, 7) is 4.07. The molecule has 2 aromatic carbocycles. The minimum absolute atomic E-state index is 0.551. The molecule has 136 valence electrons. The first-order valence-corrected chi connectivity index (χ1v) is 10.2. The van der Waals surface area contributed by atoms with Crippen LogP contribution in [-0.2, 0) is 11.2 Å². The Bertz CT molecular complexity index is 1100. The summed E-state index contributed by atoms with van der Waals surface area (Å²) in [5, 5.41) is 4.22. The van der Waals surface area contributed by atoms with Crippen LogP contribution in [0.5, 0.6) is 0 Å². The van der Waals surface area contributed by atoms with Gasteiger partial charge >= 0.3 is 0 Å². The minimum atomic E-state index is -0.994. The van der Waals surface area contributed by atoms with E-state index in [1.165, 1.54) is 5.56 Å². The molecule has 4 rings (SSSR count). The van der Waals surface area contributed by atoms with Crippen molar-refractivity contribution < 1.29 is 4.55 Å². The van der Waals surface area contributed by atoms with Gasteiger partial charge in [-0.15, -0.1) is 0 Å². The van der Waals surface area contributed by atoms with E-state index >= 15 is 0 Å². The van der Waals surface area contributed by atoms with Crippen LogP contribution in [0.25, 0.3) is 16.7 Å². The van der Waals surface area contributed by atoms with Gasteiger partial charge in [-0.3, -0.25) is 0 Å². The second kappa shape index (κ2) is 7.06. The molecule has 2 heterocycles. The van der Waals surface area contributed by atoms with Crippen molar-refractivity contribution in [3.05, 3.63) is 72.1 Å². The molecule has 0 saturated heterocycles. The Hall–Kier alpha value is -2.83. The molecule has 0 radical (unpaired) electrons. The molecule has 0 amide bonds. The first kappa shape index (κ1) is 17.6. The van der Waals surface area contributed by atoms with Crippen LogP contribution in [0.4, 0.5) is 11.6 Å². The fourth-order valence-corrected chi connectivity index (χ4v) is 3.62. The lowest BCUT2D eigenvalue weighted by atomic mass is 10.2. The van der Waals surface area contributed by atoms with E-state index < -0.39 is 11.2 Å². The Morgan fingerprint density at radius 1 is 1.04 bits per heavy atom. The van der Waals surface area contributed by atoms with Gasteiger partial charge in [-0.25, -0.2) is 4.98 Å². The topological polar surface area (TPSA) is 65.8 Å². The molecule has 0 saturated carbocycles. The second-order valence-corrected chi connectivity index (χ2v) is 7.93. The largest absolute Gasteiger partial charge is 0.612 e. The number of rotatable bonds is 4. The molecule has 1 unspecified atom stereocenters. The van der Waals surface area contributed by atoms with Crippen LogP contribution in [0, 0.1) is 13.8 Å². The summed E-state index contributed by atoms with van der Waals surface area (Å²) in [6.07, 6.45) is 5.50. The van der Waals surface area contributed by atoms with Crippen molar-refractivity contribution in [2.75, 3.05) is 11.6 Å². The molecule has 1 atom stereocenters. The van der Waals surface area contributed by atoms with Crippen LogP contribution in [0.2, 0.25) is 0 Å². The van der Waals surface area contributed by atoms with Gasteiger partial charge in [0.1, 0.15) is 11.9 Å². The van der Waals surface area contributed by atoms with Crippen LogP contribution in [0.15, 0.2) is 65.8 Å². The predicted octanol–water partition coefficient (Wildman–Crippen LogP) is 4.52. The van der Waals surface area contributed by atoms with Crippen LogP contribution in [0.1, 0.15) is 11.1 Å². The molecular formula is C21H20N4OS. The molecule has 0 aliphatic rings. The fraction of sp³-hybridized carbons (Fsp3) is 0.143. The number of anilines is 2. The Kier molecular flexibility index (Phi) is 4.59. The van der Waals surface area contributed by atoms with E-state index in [2.05, 4.69) is 17.2 Å². The molecular weight excluding hydrogens is 356 g/mol. The number of benzene rings is 2. The summed E-state index contributed by atoms with van der Waals surface area (Å²) in [6, 6.07) is 16.0. The highest BCUT2D eigenvalue weighted by Crippen LogP contribution is 2.24. The molecule has 4 aromatic rings. The number of aromatic nitrogens is 3. The van der Waals surface area contributed by atoms with Crippen molar-refractivity contribution in [1.82, 2.24) is 14.5 Å². The van der Waals surface area contributed by atoms with Gasteiger partial charge in [0.05, 0.1) is 5.69 Å². The number of hydrogen-bond donors (Lipinski definition) is 1. The van der Waals surface area contributed by atoms with Gasteiger partial charge in [0.25, 0.3) is 0 Å². The summed E-state index contributed by atoms with van der Waals surface area (Å²) in [7, 11) is 0. The average Bonchev–Trinajstić information content (AvgIpc) is 3.06. The van der Waals surface area contributed by atoms with Gasteiger partial charge in [0.15, 0.2) is 4.90 Å². The van der Waals surface area contributed by atoms with Crippen molar-refractivity contribution in [1.29, 1.82) is 0 Å². The summed E-state index contributed by atoms with van der Waals surface area (Å²) in [5.41, 5.74) is 5.04. The fourth-order valence-electron chi connectivity index (χ4n) is 3.02. The Labute approximate surface area is 161 Å². The predicted molar refractivity (Wildman–Crippen MR) is 110 cm³/mol. The molecule has 0 aliphatic carbocycles. The normalized spacial score (nSPS) is 12.3. The zero-order valence-electron chi connectivity index (χ0n) is 15.4. The van der Waals surface area contributed by atoms with Crippen molar-refractivity contribution in [2.45, 2.75) is 18.7 Å². The quantitative estimate of drug-likeness (QED) is 0.532. The van der Waals surface area contributed by atoms with E-state index in [1.54, 1.807) is 6.26 Å². The number of nitrogens with zero attached hydrogens (tertiary/aromatic N) is 3. The molecule has 2 aromatic heterocycles. The highest BCUT2D eigenvalue weighted by atomic mass is 32.2. The number of hydrogen-bond acceptors (Lipinski definition) is 4. The standard InChI is InChI=1S/C21H20N4OS/c1-14-4-6-17(7-5-14)23-21-22-13-16-10-11-25(20(16)24-21)19-9-8-18(27(3)26)12-15(19)2/h4-13H,1-3H3,(H,22,23,24). The van der Waals surface area contributed by atoms with E-state index in [9.17, 15) is 4.55 Å². The molecule has 0 aliphatic heterocycles. The third-order valence-electron chi connectivity index (χ3n) is 4.49. The van der Waals surface area contributed by atoms with Crippen molar-refractivity contribution in [3.8, 4) is 5.69 Å². The van der Waals surface area contributed by atoms with Gasteiger partial charge in [0, 0.05) is 23.5 Å². The van der Waals surface area contributed by atoms with Crippen LogP contribution >= 0.6 is 0 Å². The monoisotopic (exact) mass is 376 g/mol. The van der Waals surface area contributed by atoms with Gasteiger partial charge in [0.2, 0.25) is 5.95 Å². The molecule has 0 fully saturated rings. The summed E-state index contributed by atoms with van der Waals surface area (Å²) >= 11 is -0.994. The molecule has 27 heavy (non-hydrogen) atoms. The molecule has 5 nitrogen and oxygen atoms in total. The maximum absolute atomic E-state index is 11.7. The van der Waals surface area contributed by atoms with E-state index in [0.717, 1.165) is 32.9 Å². The maximum Gasteiger partial charge on any atom is 0.229 e.